The highest BCUT2D eigenvalue weighted by Crippen LogP contribution is 2.28. The van der Waals surface area contributed by atoms with Crippen LogP contribution >= 0.6 is 0 Å². The minimum Gasteiger partial charge on any atom is -0.322 e. The number of piperidine rings is 1. The van der Waals surface area contributed by atoms with Crippen LogP contribution in [0.25, 0.3) is 0 Å². The molecular weight excluding hydrogens is 382 g/mol. The van der Waals surface area contributed by atoms with Gasteiger partial charge in [-0.1, -0.05) is 42.5 Å². The third-order valence-corrected chi connectivity index (χ3v) is 5.75. The Kier molecular flexibility index (Phi) is 5.46. The van der Waals surface area contributed by atoms with Crippen LogP contribution in [0, 0.1) is 0 Å². The number of imide groups is 1. The molecule has 0 spiro atoms. The molecule has 0 aliphatic carbocycles. The molecule has 2 atom stereocenters. The molecule has 1 fully saturated rings. The van der Waals surface area contributed by atoms with Crippen molar-refractivity contribution in [3.05, 3.63) is 70.8 Å². The number of ketones is 1. The molecule has 7 nitrogen and oxygen atoms in total. The van der Waals surface area contributed by atoms with Crippen LogP contribution < -0.4 is 11.1 Å². The maximum absolute atomic E-state index is 12.7. The van der Waals surface area contributed by atoms with Gasteiger partial charge in [-0.05, 0) is 35.6 Å². The third-order valence-electron chi connectivity index (χ3n) is 5.75. The van der Waals surface area contributed by atoms with Gasteiger partial charge >= 0.3 is 0 Å². The molecule has 4 rings (SSSR count). The Bertz CT molecular complexity index is 1020. The number of carbonyl (C=O) groups excluding carboxylic acids is 4. The average Bonchev–Trinajstić information content (AvgIpc) is 3.07. The maximum Gasteiger partial charge on any atom is 0.255 e. The number of hydrogen-bond donors (Lipinski definition) is 2. The summed E-state index contributed by atoms with van der Waals surface area (Å²) in [5.74, 6) is -0.967. The Hall–Kier alpha value is -3.32. The number of benzene rings is 2. The van der Waals surface area contributed by atoms with E-state index in [9.17, 15) is 19.2 Å². The van der Waals surface area contributed by atoms with E-state index >= 15 is 0 Å². The number of amides is 3. The van der Waals surface area contributed by atoms with Crippen LogP contribution in [0.1, 0.15) is 52.4 Å². The lowest BCUT2D eigenvalue weighted by Crippen LogP contribution is -2.52. The van der Waals surface area contributed by atoms with E-state index in [1.165, 1.54) is 4.90 Å². The highest BCUT2D eigenvalue weighted by atomic mass is 16.2. The molecule has 0 radical (unpaired) electrons. The van der Waals surface area contributed by atoms with E-state index in [1.807, 2.05) is 42.5 Å². The zero-order valence-corrected chi connectivity index (χ0v) is 16.5. The van der Waals surface area contributed by atoms with Crippen LogP contribution in [0.4, 0.5) is 0 Å². The predicted molar refractivity (Wildman–Crippen MR) is 109 cm³/mol. The summed E-state index contributed by atoms with van der Waals surface area (Å²) >= 11 is 0. The van der Waals surface area contributed by atoms with Crippen LogP contribution in [0.3, 0.4) is 0 Å². The molecule has 2 aromatic rings. The number of Topliss-reactive ketones (excluding diaryl/α,β-unsaturated/α-hetero) is 1. The van der Waals surface area contributed by atoms with Crippen molar-refractivity contribution < 1.29 is 19.2 Å². The zero-order valence-electron chi connectivity index (χ0n) is 16.5. The number of fused-ring (bicyclic) bond motifs is 1. The molecule has 2 aliphatic heterocycles. The number of rotatable bonds is 6. The molecule has 0 aromatic heterocycles. The number of nitrogens with one attached hydrogen (secondary N) is 1. The first-order valence-corrected chi connectivity index (χ1v) is 10.0. The van der Waals surface area contributed by atoms with E-state index in [4.69, 9.17) is 5.73 Å². The van der Waals surface area contributed by atoms with Gasteiger partial charge in [0.05, 0.1) is 6.04 Å². The second-order valence-electron chi connectivity index (χ2n) is 7.75. The van der Waals surface area contributed by atoms with E-state index in [1.54, 1.807) is 6.07 Å². The molecule has 2 heterocycles. The lowest BCUT2D eigenvalue weighted by Gasteiger charge is -2.29. The lowest BCUT2D eigenvalue weighted by atomic mass is 9.97. The molecule has 154 valence electrons. The quantitative estimate of drug-likeness (QED) is 0.710. The summed E-state index contributed by atoms with van der Waals surface area (Å²) in [6.07, 6.45) is 1.40. The summed E-state index contributed by atoms with van der Waals surface area (Å²) in [4.78, 5) is 50.2. The van der Waals surface area contributed by atoms with Gasteiger partial charge < -0.3 is 10.6 Å². The normalized spacial score (nSPS) is 19.4. The van der Waals surface area contributed by atoms with Crippen LogP contribution in [0.2, 0.25) is 0 Å². The number of hydrogen-bond acceptors (Lipinski definition) is 5. The van der Waals surface area contributed by atoms with Gasteiger partial charge in [-0.15, -0.1) is 0 Å². The Labute approximate surface area is 174 Å². The molecule has 3 amide bonds. The highest BCUT2D eigenvalue weighted by Gasteiger charge is 2.39. The highest BCUT2D eigenvalue weighted by molar-refractivity contribution is 6.05. The van der Waals surface area contributed by atoms with Crippen LogP contribution in [-0.2, 0) is 27.3 Å². The minimum absolute atomic E-state index is 0.0389. The van der Waals surface area contributed by atoms with Crippen molar-refractivity contribution in [2.75, 3.05) is 0 Å². The van der Waals surface area contributed by atoms with Crippen LogP contribution in [0.15, 0.2) is 48.5 Å². The minimum atomic E-state index is -0.648. The van der Waals surface area contributed by atoms with Gasteiger partial charge in [-0.2, -0.15) is 0 Å². The van der Waals surface area contributed by atoms with Gasteiger partial charge in [0, 0.05) is 24.9 Å². The first-order valence-electron chi connectivity index (χ1n) is 10.0. The molecule has 1 saturated heterocycles. The predicted octanol–water partition coefficient (Wildman–Crippen LogP) is 1.65. The molecule has 2 aliphatic rings. The van der Waals surface area contributed by atoms with E-state index in [-0.39, 0.29) is 24.0 Å². The van der Waals surface area contributed by atoms with Crippen molar-refractivity contribution in [2.45, 2.75) is 44.3 Å². The topological polar surface area (TPSA) is 110 Å². The Morgan fingerprint density at radius 1 is 1.13 bits per heavy atom. The van der Waals surface area contributed by atoms with Gasteiger partial charge in [0.2, 0.25) is 11.8 Å². The molecule has 2 aromatic carbocycles. The average molecular weight is 405 g/mol. The molecule has 0 saturated carbocycles. The van der Waals surface area contributed by atoms with Gasteiger partial charge in [0.25, 0.3) is 5.91 Å². The first-order chi connectivity index (χ1) is 14.4. The van der Waals surface area contributed by atoms with E-state index in [0.717, 1.165) is 16.7 Å². The molecule has 0 bridgehead atoms. The van der Waals surface area contributed by atoms with Gasteiger partial charge in [0.1, 0.15) is 6.04 Å². The number of aryl methyl sites for hydroxylation is 1. The van der Waals surface area contributed by atoms with Crippen molar-refractivity contribution in [2.24, 2.45) is 5.73 Å². The number of nitrogens with zero attached hydrogens (tertiary/aromatic N) is 1. The monoisotopic (exact) mass is 405 g/mol. The van der Waals surface area contributed by atoms with Crippen molar-refractivity contribution >= 4 is 23.5 Å². The fraction of sp³-hybridized carbons (Fsp3) is 0.304. The SMILES string of the molecule is NC(C(=O)CCc1ccc2c(c1)CN(C1CCC(=O)NC1=O)C2=O)c1ccccc1. The summed E-state index contributed by atoms with van der Waals surface area (Å²) in [7, 11) is 0. The first kappa shape index (κ1) is 20.0. The molecule has 3 N–H and O–H groups in total. The van der Waals surface area contributed by atoms with Gasteiger partial charge in [-0.25, -0.2) is 0 Å². The Morgan fingerprint density at radius 3 is 2.63 bits per heavy atom. The summed E-state index contributed by atoms with van der Waals surface area (Å²) in [5.41, 5.74) is 9.21. The largest absolute Gasteiger partial charge is 0.322 e. The molecule has 2 unspecified atom stereocenters. The number of nitrogens with two attached hydrogens (primary N) is 1. The van der Waals surface area contributed by atoms with Gasteiger partial charge in [-0.3, -0.25) is 24.5 Å². The summed E-state index contributed by atoms with van der Waals surface area (Å²) in [5, 5.41) is 2.30. The summed E-state index contributed by atoms with van der Waals surface area (Å²) in [6.45, 7) is 0.325. The molecular formula is C23H23N3O4. The number of carbonyl (C=O) groups is 4. The van der Waals surface area contributed by atoms with Gasteiger partial charge in [0.15, 0.2) is 5.78 Å². The Morgan fingerprint density at radius 2 is 1.90 bits per heavy atom. The second-order valence-corrected chi connectivity index (χ2v) is 7.75. The fourth-order valence-electron chi connectivity index (χ4n) is 4.05. The van der Waals surface area contributed by atoms with Crippen molar-refractivity contribution in [3.63, 3.8) is 0 Å². The van der Waals surface area contributed by atoms with Crippen molar-refractivity contribution in [3.8, 4) is 0 Å². The van der Waals surface area contributed by atoms with Crippen LogP contribution in [0.5, 0.6) is 0 Å². The molecule has 7 heteroatoms. The van der Waals surface area contributed by atoms with Crippen LogP contribution in [-0.4, -0.2) is 34.4 Å². The Balaban J connectivity index is 1.41. The third kappa shape index (κ3) is 3.89. The smallest absolute Gasteiger partial charge is 0.255 e. The zero-order chi connectivity index (χ0) is 21.3. The van der Waals surface area contributed by atoms with E-state index in [0.29, 0.717) is 31.4 Å². The molecule has 30 heavy (non-hydrogen) atoms. The van der Waals surface area contributed by atoms with E-state index in [2.05, 4.69) is 5.32 Å². The van der Waals surface area contributed by atoms with Crippen molar-refractivity contribution in [1.82, 2.24) is 10.2 Å². The standard InChI is InChI=1S/C23H23N3O4/c24-21(15-4-2-1-3-5-15)19(27)10-7-14-6-8-17-16(12-14)13-26(23(17)30)18-9-11-20(28)25-22(18)29/h1-6,8,12,18,21H,7,9-11,13,24H2,(H,25,28,29). The summed E-state index contributed by atoms with van der Waals surface area (Å²) in [6, 6.07) is 13.5. The second kappa shape index (κ2) is 8.20. The fourth-order valence-corrected chi connectivity index (χ4v) is 4.05. The lowest BCUT2D eigenvalue weighted by molar-refractivity contribution is -0.137. The summed E-state index contributed by atoms with van der Waals surface area (Å²) < 4.78 is 0. The maximum atomic E-state index is 12.7. The van der Waals surface area contributed by atoms with Crippen molar-refractivity contribution in [1.29, 1.82) is 0 Å². The van der Waals surface area contributed by atoms with E-state index < -0.39 is 18.0 Å².